The molecule has 150 valence electrons. The number of ether oxygens (including phenoxy) is 3. The van der Waals surface area contributed by atoms with Gasteiger partial charge in [-0.25, -0.2) is 4.79 Å². The Kier molecular flexibility index (Phi) is 6.83. The quantitative estimate of drug-likeness (QED) is 0.799. The molecule has 1 saturated heterocycles. The molecule has 1 saturated carbocycles. The van der Waals surface area contributed by atoms with E-state index in [4.69, 9.17) is 14.2 Å². The van der Waals surface area contributed by atoms with Crippen molar-refractivity contribution in [1.29, 1.82) is 0 Å². The summed E-state index contributed by atoms with van der Waals surface area (Å²) in [5.41, 5.74) is 1.16. The van der Waals surface area contributed by atoms with Crippen molar-refractivity contribution in [3.8, 4) is 11.5 Å². The van der Waals surface area contributed by atoms with Gasteiger partial charge in [0, 0.05) is 31.2 Å². The van der Waals surface area contributed by atoms with Gasteiger partial charge in [0.25, 0.3) is 0 Å². The molecule has 3 rings (SSSR count). The fraction of sp³-hybridized carbons (Fsp3) is 0.667. The zero-order chi connectivity index (χ0) is 19.1. The lowest BCUT2D eigenvalue weighted by Gasteiger charge is -2.38. The van der Waals surface area contributed by atoms with Crippen LogP contribution < -0.4 is 20.1 Å². The van der Waals surface area contributed by atoms with Crippen molar-refractivity contribution in [2.24, 2.45) is 0 Å². The third kappa shape index (κ3) is 4.86. The molecule has 1 aromatic rings. The fourth-order valence-electron chi connectivity index (χ4n) is 4.29. The molecular formula is C21H32N2O4. The molecule has 0 aromatic heterocycles. The number of urea groups is 1. The number of benzene rings is 1. The molecule has 6 heteroatoms. The first-order valence-electron chi connectivity index (χ1n) is 10.0. The minimum absolute atomic E-state index is 0.0508. The molecule has 2 amide bonds. The van der Waals surface area contributed by atoms with Crippen LogP contribution >= 0.6 is 0 Å². The van der Waals surface area contributed by atoms with Gasteiger partial charge in [-0.3, -0.25) is 0 Å². The molecule has 0 bridgehead atoms. The monoisotopic (exact) mass is 376 g/mol. The van der Waals surface area contributed by atoms with Crippen molar-refractivity contribution < 1.29 is 19.0 Å². The first-order chi connectivity index (χ1) is 13.2. The maximum atomic E-state index is 12.4. The van der Waals surface area contributed by atoms with Gasteiger partial charge >= 0.3 is 6.03 Å². The lowest BCUT2D eigenvalue weighted by Crippen LogP contribution is -2.49. The summed E-state index contributed by atoms with van der Waals surface area (Å²) >= 11 is 0. The molecule has 1 aromatic carbocycles. The molecule has 6 nitrogen and oxygen atoms in total. The Morgan fingerprint density at radius 2 is 1.81 bits per heavy atom. The van der Waals surface area contributed by atoms with Crippen LogP contribution in [0.4, 0.5) is 4.79 Å². The van der Waals surface area contributed by atoms with Crippen LogP contribution in [0.25, 0.3) is 0 Å². The molecule has 0 radical (unpaired) electrons. The van der Waals surface area contributed by atoms with Gasteiger partial charge in [0.05, 0.1) is 14.2 Å². The third-order valence-corrected chi connectivity index (χ3v) is 5.95. The summed E-state index contributed by atoms with van der Waals surface area (Å²) in [4.78, 5) is 12.4. The normalized spacial score (nSPS) is 19.9. The van der Waals surface area contributed by atoms with Crippen molar-refractivity contribution in [2.45, 2.75) is 56.4 Å². The zero-order valence-corrected chi connectivity index (χ0v) is 16.5. The average Bonchev–Trinajstić information content (AvgIpc) is 2.73. The summed E-state index contributed by atoms with van der Waals surface area (Å²) in [5.74, 6) is 1.48. The molecule has 1 aliphatic heterocycles. The Morgan fingerprint density at radius 1 is 1.11 bits per heavy atom. The van der Waals surface area contributed by atoms with Crippen molar-refractivity contribution in [2.75, 3.05) is 34.0 Å². The number of amides is 2. The number of hydrogen-bond acceptors (Lipinski definition) is 4. The van der Waals surface area contributed by atoms with E-state index in [1.807, 2.05) is 6.07 Å². The maximum Gasteiger partial charge on any atom is 0.315 e. The average molecular weight is 376 g/mol. The number of carbonyl (C=O) groups excluding carboxylic acids is 1. The smallest absolute Gasteiger partial charge is 0.315 e. The SMILES string of the molecule is COc1ccc(C2(CNC(=O)NC3CCOCC3)CCCCC2)cc1OC. The van der Waals surface area contributed by atoms with Crippen molar-refractivity contribution >= 4 is 6.03 Å². The second kappa shape index (κ2) is 9.31. The first-order valence-corrected chi connectivity index (χ1v) is 10.0. The minimum Gasteiger partial charge on any atom is -0.493 e. The highest BCUT2D eigenvalue weighted by Gasteiger charge is 2.35. The van der Waals surface area contributed by atoms with Gasteiger partial charge < -0.3 is 24.8 Å². The Bertz CT molecular complexity index is 623. The highest BCUT2D eigenvalue weighted by atomic mass is 16.5. The summed E-state index contributed by atoms with van der Waals surface area (Å²) in [6.45, 7) is 2.08. The van der Waals surface area contributed by atoms with E-state index in [0.29, 0.717) is 6.54 Å². The Hall–Kier alpha value is -1.95. The van der Waals surface area contributed by atoms with Crippen molar-refractivity contribution in [3.05, 3.63) is 23.8 Å². The number of carbonyl (C=O) groups is 1. The molecular weight excluding hydrogens is 344 g/mol. The van der Waals surface area contributed by atoms with Gasteiger partial charge in [0.1, 0.15) is 0 Å². The molecule has 1 aliphatic carbocycles. The van der Waals surface area contributed by atoms with E-state index in [1.54, 1.807) is 14.2 Å². The Morgan fingerprint density at radius 3 is 2.48 bits per heavy atom. The maximum absolute atomic E-state index is 12.4. The highest BCUT2D eigenvalue weighted by molar-refractivity contribution is 5.74. The van der Waals surface area contributed by atoms with Crippen LogP contribution in [0.1, 0.15) is 50.5 Å². The van der Waals surface area contributed by atoms with Crippen molar-refractivity contribution in [1.82, 2.24) is 10.6 Å². The fourth-order valence-corrected chi connectivity index (χ4v) is 4.29. The van der Waals surface area contributed by atoms with Crippen LogP contribution in [0.5, 0.6) is 11.5 Å². The second-order valence-electron chi connectivity index (χ2n) is 7.62. The van der Waals surface area contributed by atoms with Crippen LogP contribution in [0.2, 0.25) is 0 Å². The van der Waals surface area contributed by atoms with E-state index in [9.17, 15) is 4.79 Å². The van der Waals surface area contributed by atoms with Crippen LogP contribution in [-0.2, 0) is 10.2 Å². The van der Waals surface area contributed by atoms with Gasteiger partial charge in [-0.05, 0) is 43.4 Å². The van der Waals surface area contributed by atoms with E-state index in [2.05, 4.69) is 22.8 Å². The van der Waals surface area contributed by atoms with Crippen molar-refractivity contribution in [3.63, 3.8) is 0 Å². The predicted octanol–water partition coefficient (Wildman–Crippen LogP) is 3.38. The van der Waals surface area contributed by atoms with E-state index >= 15 is 0 Å². The number of methoxy groups -OCH3 is 2. The van der Waals surface area contributed by atoms with E-state index in [-0.39, 0.29) is 17.5 Å². The van der Waals surface area contributed by atoms with E-state index in [1.165, 1.54) is 24.8 Å². The molecule has 0 atom stereocenters. The molecule has 0 spiro atoms. The summed E-state index contributed by atoms with van der Waals surface area (Å²) < 4.78 is 16.2. The highest BCUT2D eigenvalue weighted by Crippen LogP contribution is 2.42. The molecule has 27 heavy (non-hydrogen) atoms. The minimum atomic E-state index is -0.0766. The topological polar surface area (TPSA) is 68.8 Å². The van der Waals surface area contributed by atoms with Crippen LogP contribution in [0.3, 0.4) is 0 Å². The summed E-state index contributed by atoms with van der Waals surface area (Å²) in [6, 6.07) is 6.29. The lowest BCUT2D eigenvalue weighted by molar-refractivity contribution is 0.0799. The van der Waals surface area contributed by atoms with Gasteiger partial charge in [0.15, 0.2) is 11.5 Å². The van der Waals surface area contributed by atoms with E-state index in [0.717, 1.165) is 50.4 Å². The summed E-state index contributed by atoms with van der Waals surface area (Å²) in [6.07, 6.45) is 7.51. The first kappa shape index (κ1) is 19.8. The lowest BCUT2D eigenvalue weighted by atomic mass is 9.69. The van der Waals surface area contributed by atoms with Gasteiger partial charge in [-0.2, -0.15) is 0 Å². The largest absolute Gasteiger partial charge is 0.493 e. The second-order valence-corrected chi connectivity index (χ2v) is 7.62. The molecule has 2 aliphatic rings. The zero-order valence-electron chi connectivity index (χ0n) is 16.5. The summed E-state index contributed by atoms with van der Waals surface area (Å²) in [7, 11) is 3.31. The Balaban J connectivity index is 1.70. The van der Waals surface area contributed by atoms with Gasteiger partial charge in [-0.15, -0.1) is 0 Å². The predicted molar refractivity (Wildman–Crippen MR) is 105 cm³/mol. The van der Waals surface area contributed by atoms with Crippen LogP contribution in [-0.4, -0.2) is 46.1 Å². The molecule has 2 N–H and O–H groups in total. The number of rotatable bonds is 6. The molecule has 1 heterocycles. The standard InChI is InChI=1S/C21H32N2O4/c1-25-18-7-6-16(14-19(18)26-2)21(10-4-3-5-11-21)15-22-20(24)23-17-8-12-27-13-9-17/h6-7,14,17H,3-5,8-13,15H2,1-2H3,(H2,22,23,24). The molecule has 2 fully saturated rings. The molecule has 0 unspecified atom stereocenters. The number of nitrogens with one attached hydrogen (secondary N) is 2. The van der Waals surface area contributed by atoms with Crippen LogP contribution in [0, 0.1) is 0 Å². The number of hydrogen-bond donors (Lipinski definition) is 2. The van der Waals surface area contributed by atoms with E-state index < -0.39 is 0 Å². The third-order valence-electron chi connectivity index (χ3n) is 5.95. The van der Waals surface area contributed by atoms with Gasteiger partial charge in [0.2, 0.25) is 0 Å². The van der Waals surface area contributed by atoms with Gasteiger partial charge in [-0.1, -0.05) is 25.3 Å². The summed E-state index contributed by atoms with van der Waals surface area (Å²) in [5, 5.41) is 6.24. The van der Waals surface area contributed by atoms with Crippen LogP contribution in [0.15, 0.2) is 18.2 Å². The Labute approximate surface area is 161 Å².